The molecule has 3 rings (SSSR count). The minimum atomic E-state index is -0.534. The number of hydrogen-bond acceptors (Lipinski definition) is 7. The molecule has 0 spiro atoms. The van der Waals surface area contributed by atoms with Crippen molar-refractivity contribution in [2.24, 2.45) is 0 Å². The molecular formula is C21H29N7O3. The quantitative estimate of drug-likeness (QED) is 0.649. The number of urea groups is 1. The van der Waals surface area contributed by atoms with E-state index in [4.69, 9.17) is 0 Å². The number of hydrogen-bond donors (Lipinski definition) is 3. The largest absolute Gasteiger partial charge is 0.453 e. The Morgan fingerprint density at radius 3 is 2.55 bits per heavy atom. The summed E-state index contributed by atoms with van der Waals surface area (Å²) >= 11 is 0. The summed E-state index contributed by atoms with van der Waals surface area (Å²) < 4.78 is 4.60. The van der Waals surface area contributed by atoms with Crippen molar-refractivity contribution < 1.29 is 14.3 Å². The minimum absolute atomic E-state index is 0.252. The predicted molar refractivity (Wildman–Crippen MR) is 119 cm³/mol. The number of anilines is 3. The number of amides is 3. The molecule has 10 nitrogen and oxygen atoms in total. The highest BCUT2D eigenvalue weighted by Gasteiger charge is 2.19. The van der Waals surface area contributed by atoms with Gasteiger partial charge in [-0.1, -0.05) is 0 Å². The van der Waals surface area contributed by atoms with E-state index < -0.39 is 6.09 Å². The lowest BCUT2D eigenvalue weighted by molar-refractivity contribution is 0.187. The number of methoxy groups -OCH3 is 1. The fraction of sp³-hybridized carbons (Fsp3) is 0.429. The van der Waals surface area contributed by atoms with Gasteiger partial charge in [-0.25, -0.2) is 19.6 Å². The summed E-state index contributed by atoms with van der Waals surface area (Å²) in [5.74, 6) is 1.02. The Morgan fingerprint density at radius 2 is 1.87 bits per heavy atom. The van der Waals surface area contributed by atoms with Crippen molar-refractivity contribution in [2.45, 2.75) is 20.4 Å². The van der Waals surface area contributed by atoms with Crippen LogP contribution in [0.25, 0.3) is 0 Å². The maximum atomic E-state index is 11.7. The van der Waals surface area contributed by atoms with E-state index in [0.717, 1.165) is 49.7 Å². The Bertz CT molecular complexity index is 914. The van der Waals surface area contributed by atoms with Crippen LogP contribution in [-0.4, -0.2) is 66.8 Å². The summed E-state index contributed by atoms with van der Waals surface area (Å²) in [4.78, 5) is 36.4. The first-order valence-corrected chi connectivity index (χ1v) is 10.3. The van der Waals surface area contributed by atoms with Crippen molar-refractivity contribution in [1.82, 2.24) is 20.2 Å². The Morgan fingerprint density at radius 1 is 1.10 bits per heavy atom. The molecule has 1 fully saturated rings. The SMILES string of the molecule is CCNC(=O)Nc1cc(CN2CCN(c3ccc(NC(=O)OC)nc3C)CC2)ccn1. The van der Waals surface area contributed by atoms with Gasteiger partial charge < -0.3 is 15.0 Å². The number of carbonyl (C=O) groups is 2. The minimum Gasteiger partial charge on any atom is -0.453 e. The lowest BCUT2D eigenvalue weighted by Crippen LogP contribution is -2.46. The Balaban J connectivity index is 1.54. The van der Waals surface area contributed by atoms with Crippen molar-refractivity contribution >= 4 is 29.4 Å². The second-order valence-corrected chi connectivity index (χ2v) is 7.21. The number of nitrogens with one attached hydrogen (secondary N) is 3. The van der Waals surface area contributed by atoms with Crippen LogP contribution in [0.1, 0.15) is 18.2 Å². The van der Waals surface area contributed by atoms with Gasteiger partial charge in [-0.3, -0.25) is 15.5 Å². The maximum Gasteiger partial charge on any atom is 0.412 e. The molecule has 3 heterocycles. The molecule has 3 N–H and O–H groups in total. The van der Waals surface area contributed by atoms with Crippen LogP contribution in [-0.2, 0) is 11.3 Å². The highest BCUT2D eigenvalue weighted by atomic mass is 16.5. The molecule has 1 saturated heterocycles. The summed E-state index contributed by atoms with van der Waals surface area (Å²) in [7, 11) is 1.32. The third-order valence-corrected chi connectivity index (χ3v) is 5.00. The summed E-state index contributed by atoms with van der Waals surface area (Å²) in [6.45, 7) is 8.72. The molecule has 3 amide bonds. The molecule has 31 heavy (non-hydrogen) atoms. The Kier molecular flexibility index (Phi) is 7.60. The van der Waals surface area contributed by atoms with Gasteiger partial charge in [-0.15, -0.1) is 0 Å². The molecule has 2 aromatic heterocycles. The van der Waals surface area contributed by atoms with Crippen LogP contribution in [0.2, 0.25) is 0 Å². The molecule has 0 unspecified atom stereocenters. The van der Waals surface area contributed by atoms with Crippen LogP contribution in [0.4, 0.5) is 26.9 Å². The predicted octanol–water partition coefficient (Wildman–Crippen LogP) is 2.43. The van der Waals surface area contributed by atoms with Gasteiger partial charge in [0.25, 0.3) is 0 Å². The smallest absolute Gasteiger partial charge is 0.412 e. The van der Waals surface area contributed by atoms with E-state index in [9.17, 15) is 9.59 Å². The zero-order valence-corrected chi connectivity index (χ0v) is 18.1. The number of ether oxygens (including phenoxy) is 1. The van der Waals surface area contributed by atoms with Crippen LogP contribution in [0.15, 0.2) is 30.5 Å². The molecule has 0 saturated carbocycles. The standard InChI is InChI=1S/C21H29N7O3/c1-4-22-20(29)25-19-13-16(7-8-23-19)14-27-9-11-28(12-10-27)17-5-6-18(24-15(17)2)26-21(30)31-3/h5-8,13H,4,9-12,14H2,1-3H3,(H,24,26,30)(H2,22,23,25,29). The number of aromatic nitrogens is 2. The summed E-state index contributed by atoms with van der Waals surface area (Å²) in [6, 6.07) is 7.38. The van der Waals surface area contributed by atoms with Gasteiger partial charge in [-0.05, 0) is 43.7 Å². The number of pyridine rings is 2. The first kappa shape index (κ1) is 22.3. The van der Waals surface area contributed by atoms with E-state index in [1.54, 1.807) is 12.3 Å². The van der Waals surface area contributed by atoms with E-state index >= 15 is 0 Å². The second-order valence-electron chi connectivity index (χ2n) is 7.21. The summed E-state index contributed by atoms with van der Waals surface area (Å²) in [6.07, 6.45) is 1.18. The van der Waals surface area contributed by atoms with Crippen LogP contribution >= 0.6 is 0 Å². The lowest BCUT2D eigenvalue weighted by Gasteiger charge is -2.36. The van der Waals surface area contributed by atoms with E-state index in [-0.39, 0.29) is 6.03 Å². The zero-order chi connectivity index (χ0) is 22.2. The third kappa shape index (κ3) is 6.29. The first-order chi connectivity index (χ1) is 15.0. The number of carbonyl (C=O) groups excluding carboxylic acids is 2. The number of aryl methyl sites for hydroxylation is 1. The van der Waals surface area contributed by atoms with Crippen LogP contribution in [0.5, 0.6) is 0 Å². The fourth-order valence-corrected chi connectivity index (χ4v) is 3.48. The van der Waals surface area contributed by atoms with Crippen molar-refractivity contribution in [3.8, 4) is 0 Å². The van der Waals surface area contributed by atoms with Gasteiger partial charge in [0, 0.05) is 45.5 Å². The number of piperazine rings is 1. The second kappa shape index (κ2) is 10.6. The highest BCUT2D eigenvalue weighted by Crippen LogP contribution is 2.22. The normalized spacial score (nSPS) is 14.1. The van der Waals surface area contributed by atoms with Gasteiger partial charge in [0.05, 0.1) is 18.5 Å². The average Bonchev–Trinajstić information content (AvgIpc) is 2.75. The van der Waals surface area contributed by atoms with Crippen molar-refractivity contribution in [3.05, 3.63) is 41.7 Å². The first-order valence-electron chi connectivity index (χ1n) is 10.3. The van der Waals surface area contributed by atoms with Crippen molar-refractivity contribution in [3.63, 3.8) is 0 Å². The zero-order valence-electron chi connectivity index (χ0n) is 18.1. The molecule has 0 aliphatic carbocycles. The Labute approximate surface area is 182 Å². The molecular weight excluding hydrogens is 398 g/mol. The van der Waals surface area contributed by atoms with Gasteiger partial charge in [-0.2, -0.15) is 0 Å². The van der Waals surface area contributed by atoms with E-state index in [1.165, 1.54) is 7.11 Å². The highest BCUT2D eigenvalue weighted by molar-refractivity contribution is 5.88. The average molecular weight is 428 g/mol. The van der Waals surface area contributed by atoms with Crippen molar-refractivity contribution in [1.29, 1.82) is 0 Å². The number of nitrogens with zero attached hydrogens (tertiary/aromatic N) is 4. The molecule has 1 aliphatic rings. The topological polar surface area (TPSA) is 112 Å². The number of rotatable bonds is 6. The molecule has 2 aromatic rings. The molecule has 0 radical (unpaired) electrons. The molecule has 166 valence electrons. The molecule has 10 heteroatoms. The summed E-state index contributed by atoms with van der Waals surface area (Å²) in [5, 5.41) is 8.03. The molecule has 1 aliphatic heterocycles. The van der Waals surface area contributed by atoms with Gasteiger partial charge in [0.2, 0.25) is 0 Å². The monoisotopic (exact) mass is 427 g/mol. The van der Waals surface area contributed by atoms with Gasteiger partial charge >= 0.3 is 12.1 Å². The van der Waals surface area contributed by atoms with Gasteiger partial charge in [0.15, 0.2) is 0 Å². The third-order valence-electron chi connectivity index (χ3n) is 5.00. The summed E-state index contributed by atoms with van der Waals surface area (Å²) in [5.41, 5.74) is 3.02. The van der Waals surface area contributed by atoms with Crippen molar-refractivity contribution in [2.75, 3.05) is 55.4 Å². The lowest BCUT2D eigenvalue weighted by atomic mass is 10.2. The van der Waals surface area contributed by atoms with Crippen LogP contribution in [0.3, 0.4) is 0 Å². The van der Waals surface area contributed by atoms with E-state index in [0.29, 0.717) is 18.2 Å². The van der Waals surface area contributed by atoms with E-state index in [2.05, 4.69) is 40.5 Å². The Hall–Kier alpha value is -3.40. The van der Waals surface area contributed by atoms with E-state index in [1.807, 2.05) is 32.0 Å². The van der Waals surface area contributed by atoms with Crippen LogP contribution in [0, 0.1) is 6.92 Å². The van der Waals surface area contributed by atoms with Crippen LogP contribution < -0.4 is 20.9 Å². The van der Waals surface area contributed by atoms with Gasteiger partial charge in [0.1, 0.15) is 11.6 Å². The molecule has 0 bridgehead atoms. The maximum absolute atomic E-state index is 11.7. The molecule has 0 atom stereocenters. The molecule has 0 aromatic carbocycles. The fourth-order valence-electron chi connectivity index (χ4n) is 3.48.